The second-order valence-corrected chi connectivity index (χ2v) is 3.73. The van der Waals surface area contributed by atoms with E-state index < -0.39 is 0 Å². The van der Waals surface area contributed by atoms with E-state index >= 15 is 0 Å². The molecule has 0 saturated heterocycles. The van der Waals surface area contributed by atoms with E-state index in [4.69, 9.17) is 0 Å². The molecule has 0 spiro atoms. The van der Waals surface area contributed by atoms with E-state index in [0.717, 1.165) is 24.5 Å². The molecule has 2 aromatic rings. The number of nitrogens with one attached hydrogen (secondary N) is 1. The fraction of sp³-hybridized carbons (Fsp3) is 0.231. The van der Waals surface area contributed by atoms with Gasteiger partial charge in [-0.3, -0.25) is 4.98 Å². The van der Waals surface area contributed by atoms with Gasteiger partial charge in [0, 0.05) is 18.3 Å². The minimum Gasteiger partial charge on any atom is -0.370 e. The Labute approximate surface area is 99.7 Å². The van der Waals surface area contributed by atoms with Gasteiger partial charge in [-0.2, -0.15) is 0 Å². The molecule has 4 heteroatoms. The van der Waals surface area contributed by atoms with Crippen LogP contribution in [0.4, 0.5) is 10.2 Å². The van der Waals surface area contributed by atoms with Gasteiger partial charge < -0.3 is 5.32 Å². The van der Waals surface area contributed by atoms with Crippen molar-refractivity contribution in [2.75, 3.05) is 11.9 Å². The lowest BCUT2D eigenvalue weighted by Gasteiger charge is -2.06. The van der Waals surface area contributed by atoms with Crippen LogP contribution < -0.4 is 5.32 Å². The Balaban J connectivity index is 2.26. The van der Waals surface area contributed by atoms with E-state index in [0.29, 0.717) is 5.56 Å². The van der Waals surface area contributed by atoms with E-state index in [9.17, 15) is 4.39 Å². The van der Waals surface area contributed by atoms with Gasteiger partial charge in [-0.1, -0.05) is 13.0 Å². The molecule has 0 aliphatic heterocycles. The Kier molecular flexibility index (Phi) is 3.65. The smallest absolute Gasteiger partial charge is 0.142 e. The molecule has 88 valence electrons. The molecule has 3 nitrogen and oxygen atoms in total. The predicted molar refractivity (Wildman–Crippen MR) is 66.2 cm³/mol. The third-order valence-corrected chi connectivity index (χ3v) is 2.31. The number of hydrogen-bond donors (Lipinski definition) is 1. The summed E-state index contributed by atoms with van der Waals surface area (Å²) in [5.74, 6) is 0.449. The minimum atomic E-state index is -0.351. The standard InChI is InChI=1S/C13H14FN3/c1-2-6-16-13-5-3-4-12(17-13)10-7-11(14)9-15-8-10/h3-5,7-9H,2,6H2,1H3,(H,16,17). The van der Waals surface area contributed by atoms with E-state index in [2.05, 4.69) is 22.2 Å². The van der Waals surface area contributed by atoms with Gasteiger partial charge in [-0.05, 0) is 24.6 Å². The van der Waals surface area contributed by atoms with E-state index in [1.807, 2.05) is 18.2 Å². The zero-order valence-electron chi connectivity index (χ0n) is 9.65. The van der Waals surface area contributed by atoms with Crippen molar-refractivity contribution in [3.63, 3.8) is 0 Å². The molecule has 0 bridgehead atoms. The summed E-state index contributed by atoms with van der Waals surface area (Å²) in [4.78, 5) is 8.22. The molecule has 0 atom stereocenters. The molecule has 1 N–H and O–H groups in total. The zero-order chi connectivity index (χ0) is 12.1. The summed E-state index contributed by atoms with van der Waals surface area (Å²) in [5, 5.41) is 3.19. The molecule has 0 saturated carbocycles. The van der Waals surface area contributed by atoms with Crippen molar-refractivity contribution in [1.82, 2.24) is 9.97 Å². The number of halogens is 1. The first-order chi connectivity index (χ1) is 8.29. The molecule has 17 heavy (non-hydrogen) atoms. The highest BCUT2D eigenvalue weighted by Crippen LogP contribution is 2.18. The van der Waals surface area contributed by atoms with Crippen LogP contribution in [0.5, 0.6) is 0 Å². The van der Waals surface area contributed by atoms with Crippen LogP contribution in [0.25, 0.3) is 11.3 Å². The fourth-order valence-electron chi connectivity index (χ4n) is 1.50. The van der Waals surface area contributed by atoms with Gasteiger partial charge in [-0.15, -0.1) is 0 Å². The molecule has 2 aromatic heterocycles. The van der Waals surface area contributed by atoms with Crippen molar-refractivity contribution in [3.05, 3.63) is 42.5 Å². The zero-order valence-corrected chi connectivity index (χ0v) is 9.65. The lowest BCUT2D eigenvalue weighted by Crippen LogP contribution is -2.02. The van der Waals surface area contributed by atoms with Crippen molar-refractivity contribution < 1.29 is 4.39 Å². The monoisotopic (exact) mass is 231 g/mol. The average Bonchev–Trinajstić information content (AvgIpc) is 2.37. The average molecular weight is 231 g/mol. The first kappa shape index (κ1) is 11.5. The first-order valence-electron chi connectivity index (χ1n) is 5.61. The first-order valence-corrected chi connectivity index (χ1v) is 5.61. The summed E-state index contributed by atoms with van der Waals surface area (Å²) in [6.07, 6.45) is 3.82. The quantitative estimate of drug-likeness (QED) is 0.878. The summed E-state index contributed by atoms with van der Waals surface area (Å²) in [7, 11) is 0. The van der Waals surface area contributed by atoms with Crippen LogP contribution in [-0.4, -0.2) is 16.5 Å². The maximum Gasteiger partial charge on any atom is 0.142 e. The largest absolute Gasteiger partial charge is 0.370 e. The van der Waals surface area contributed by atoms with Crippen LogP contribution in [0.1, 0.15) is 13.3 Å². The van der Waals surface area contributed by atoms with Gasteiger partial charge in [0.15, 0.2) is 0 Å². The number of pyridine rings is 2. The van der Waals surface area contributed by atoms with E-state index in [1.165, 1.54) is 12.3 Å². The molecule has 0 unspecified atom stereocenters. The van der Waals surface area contributed by atoms with E-state index in [1.54, 1.807) is 6.20 Å². The highest BCUT2D eigenvalue weighted by molar-refractivity contribution is 5.60. The van der Waals surface area contributed by atoms with Crippen LogP contribution in [0.2, 0.25) is 0 Å². The van der Waals surface area contributed by atoms with Crippen molar-refractivity contribution in [3.8, 4) is 11.3 Å². The topological polar surface area (TPSA) is 37.8 Å². The second kappa shape index (κ2) is 5.39. The van der Waals surface area contributed by atoms with Crippen molar-refractivity contribution >= 4 is 5.82 Å². The highest BCUT2D eigenvalue weighted by atomic mass is 19.1. The van der Waals surface area contributed by atoms with Crippen LogP contribution >= 0.6 is 0 Å². The van der Waals surface area contributed by atoms with Crippen LogP contribution in [0.3, 0.4) is 0 Å². The SMILES string of the molecule is CCCNc1cccc(-c2cncc(F)c2)n1. The van der Waals surface area contributed by atoms with Crippen molar-refractivity contribution in [2.45, 2.75) is 13.3 Å². The van der Waals surface area contributed by atoms with Gasteiger partial charge in [-0.25, -0.2) is 9.37 Å². The fourth-order valence-corrected chi connectivity index (χ4v) is 1.50. The maximum atomic E-state index is 13.1. The van der Waals surface area contributed by atoms with Gasteiger partial charge in [0.1, 0.15) is 11.6 Å². The molecular weight excluding hydrogens is 217 g/mol. The van der Waals surface area contributed by atoms with Gasteiger partial charge in [0.05, 0.1) is 11.9 Å². The number of rotatable bonds is 4. The van der Waals surface area contributed by atoms with Crippen LogP contribution in [0.15, 0.2) is 36.7 Å². The lowest BCUT2D eigenvalue weighted by molar-refractivity contribution is 0.622. The van der Waals surface area contributed by atoms with E-state index in [-0.39, 0.29) is 5.82 Å². The van der Waals surface area contributed by atoms with Gasteiger partial charge >= 0.3 is 0 Å². The second-order valence-electron chi connectivity index (χ2n) is 3.73. The normalized spacial score (nSPS) is 10.2. The lowest BCUT2D eigenvalue weighted by atomic mass is 10.2. The Morgan fingerprint density at radius 2 is 2.18 bits per heavy atom. The van der Waals surface area contributed by atoms with Gasteiger partial charge in [0.25, 0.3) is 0 Å². The summed E-state index contributed by atoms with van der Waals surface area (Å²) >= 11 is 0. The third-order valence-electron chi connectivity index (χ3n) is 2.31. The maximum absolute atomic E-state index is 13.1. The highest BCUT2D eigenvalue weighted by Gasteiger charge is 2.02. The summed E-state index contributed by atoms with van der Waals surface area (Å²) in [6.45, 7) is 2.96. The summed E-state index contributed by atoms with van der Waals surface area (Å²) in [5.41, 5.74) is 1.41. The summed E-state index contributed by atoms with van der Waals surface area (Å²) < 4.78 is 13.1. The van der Waals surface area contributed by atoms with Crippen LogP contribution in [0, 0.1) is 5.82 Å². The van der Waals surface area contributed by atoms with Crippen molar-refractivity contribution in [1.29, 1.82) is 0 Å². The molecule has 2 heterocycles. The Hall–Kier alpha value is -1.97. The molecular formula is C13H14FN3. The number of hydrogen-bond acceptors (Lipinski definition) is 3. The Morgan fingerprint density at radius 3 is 2.94 bits per heavy atom. The molecule has 0 aromatic carbocycles. The molecule has 0 aliphatic carbocycles. The molecule has 0 fully saturated rings. The Morgan fingerprint density at radius 1 is 1.29 bits per heavy atom. The third kappa shape index (κ3) is 3.00. The molecule has 0 amide bonds. The number of nitrogens with zero attached hydrogens (tertiary/aromatic N) is 2. The molecule has 2 rings (SSSR count). The predicted octanol–water partition coefficient (Wildman–Crippen LogP) is 3.10. The summed E-state index contributed by atoms with van der Waals surface area (Å²) in [6, 6.07) is 7.06. The molecule has 0 aliphatic rings. The Bertz CT molecular complexity index is 500. The van der Waals surface area contributed by atoms with Crippen LogP contribution in [-0.2, 0) is 0 Å². The number of anilines is 1. The minimum absolute atomic E-state index is 0.351. The van der Waals surface area contributed by atoms with Gasteiger partial charge in [0.2, 0.25) is 0 Å². The molecule has 0 radical (unpaired) electrons. The van der Waals surface area contributed by atoms with Crippen molar-refractivity contribution in [2.24, 2.45) is 0 Å². The number of aromatic nitrogens is 2.